The van der Waals surface area contributed by atoms with Gasteiger partial charge in [-0.25, -0.2) is 0 Å². The highest BCUT2D eigenvalue weighted by Gasteiger charge is 2.38. The van der Waals surface area contributed by atoms with Crippen LogP contribution < -0.4 is 20.5 Å². The summed E-state index contributed by atoms with van der Waals surface area (Å²) in [6, 6.07) is 5.07. The molecule has 5 rings (SSSR count). The number of hydrogen-bond donors (Lipinski definition) is 6. The Bertz CT molecular complexity index is 1630. The first-order valence-corrected chi connectivity index (χ1v) is 15.9. The molecular weight excluding hydrogens is 586 g/mol. The minimum Gasteiger partial charge on any atom is -0.504 e. The summed E-state index contributed by atoms with van der Waals surface area (Å²) in [5.74, 6) is 12.3. The Kier molecular flexibility index (Phi) is 10.3. The van der Waals surface area contributed by atoms with E-state index in [-0.39, 0.29) is 59.9 Å². The fraction of sp³-hybridized carbons (Fsp3) is 0.500. The highest BCUT2D eigenvalue weighted by Crippen LogP contribution is 2.45. The number of aliphatic hydroxyl groups is 2. The maximum Gasteiger partial charge on any atom is 0.201 e. The topological polar surface area (TPSA) is 167 Å². The molecule has 0 saturated heterocycles. The summed E-state index contributed by atoms with van der Waals surface area (Å²) in [5, 5.41) is 47.6. The van der Waals surface area contributed by atoms with E-state index in [0.717, 1.165) is 16.7 Å². The van der Waals surface area contributed by atoms with Crippen LogP contribution in [0, 0.1) is 47.4 Å². The number of aliphatic hydroxyl groups excluding tert-OH is 2. The quantitative estimate of drug-likeness (QED) is 0.166. The fourth-order valence-corrected chi connectivity index (χ4v) is 6.34. The van der Waals surface area contributed by atoms with Crippen molar-refractivity contribution in [3.63, 3.8) is 0 Å². The van der Waals surface area contributed by atoms with Gasteiger partial charge in [0.2, 0.25) is 6.29 Å². The van der Waals surface area contributed by atoms with Crippen LogP contribution in [0.1, 0.15) is 60.9 Å². The lowest BCUT2D eigenvalue weighted by Crippen LogP contribution is -2.44. The van der Waals surface area contributed by atoms with E-state index in [1.54, 1.807) is 6.07 Å². The summed E-state index contributed by atoms with van der Waals surface area (Å²) in [5.41, 5.74) is 9.35. The number of phenols is 2. The maximum absolute atomic E-state index is 13.1. The number of nitrogens with two attached hydrogens (primary N) is 1. The largest absolute Gasteiger partial charge is 0.504 e. The number of nitrogens with one attached hydrogen (secondary N) is 1. The molecule has 0 saturated carbocycles. The van der Waals surface area contributed by atoms with Gasteiger partial charge in [0.05, 0.1) is 24.7 Å². The Balaban J connectivity index is 1.57. The molecule has 244 valence electrons. The normalized spacial score (nSPS) is 24.3. The van der Waals surface area contributed by atoms with Crippen LogP contribution in [-0.2, 0) is 30.5 Å². The number of methoxy groups -OCH3 is 1. The number of carbonyl (C=O) groups excluding carboxylic acids is 1. The number of rotatable bonds is 5. The van der Waals surface area contributed by atoms with Crippen molar-refractivity contribution < 1.29 is 34.7 Å². The predicted molar refractivity (Wildman–Crippen MR) is 174 cm³/mol. The number of aliphatic imine (C=N–C) groups is 1. The number of guanidine groups is 1. The summed E-state index contributed by atoms with van der Waals surface area (Å²) in [6.07, 6.45) is -0.523. The molecule has 0 amide bonds. The van der Waals surface area contributed by atoms with Crippen LogP contribution >= 0.6 is 0 Å². The molecule has 1 aliphatic heterocycles. The van der Waals surface area contributed by atoms with E-state index in [1.165, 1.54) is 13.2 Å². The van der Waals surface area contributed by atoms with Gasteiger partial charge in [-0.3, -0.25) is 9.79 Å². The summed E-state index contributed by atoms with van der Waals surface area (Å²) in [4.78, 5) is 17.5. The number of ketones is 1. The minimum absolute atomic E-state index is 0.0722. The smallest absolute Gasteiger partial charge is 0.201 e. The average Bonchev–Trinajstić information content (AvgIpc) is 3.02. The highest BCUT2D eigenvalue weighted by atomic mass is 16.6. The Labute approximate surface area is 270 Å². The molecule has 5 atom stereocenters. The van der Waals surface area contributed by atoms with E-state index in [0.29, 0.717) is 61.8 Å². The van der Waals surface area contributed by atoms with Crippen molar-refractivity contribution in [2.24, 2.45) is 34.4 Å². The predicted octanol–water partition coefficient (Wildman–Crippen LogP) is 2.58. The van der Waals surface area contributed by atoms with Crippen molar-refractivity contribution in [2.75, 3.05) is 20.2 Å². The second-order valence-electron chi connectivity index (χ2n) is 12.8. The number of carbonyl (C=O) groups is 1. The molecule has 10 nitrogen and oxygen atoms in total. The van der Waals surface area contributed by atoms with Crippen LogP contribution in [0.3, 0.4) is 0 Å². The van der Waals surface area contributed by atoms with Gasteiger partial charge in [0.1, 0.15) is 5.78 Å². The van der Waals surface area contributed by atoms with Crippen molar-refractivity contribution in [1.82, 2.24) is 5.32 Å². The zero-order chi connectivity index (χ0) is 33.0. The van der Waals surface area contributed by atoms with Crippen LogP contribution in [0.2, 0.25) is 0 Å². The lowest BCUT2D eigenvalue weighted by Gasteiger charge is -2.37. The Morgan fingerprint density at radius 1 is 1.13 bits per heavy atom. The number of aromatic hydroxyl groups is 2. The van der Waals surface area contributed by atoms with Crippen molar-refractivity contribution in [2.45, 2.75) is 71.2 Å². The van der Waals surface area contributed by atoms with Crippen molar-refractivity contribution in [3.8, 4) is 46.7 Å². The molecular formula is C36H43N3O7. The molecule has 0 radical (unpaired) electrons. The molecule has 3 aliphatic rings. The third-order valence-corrected chi connectivity index (χ3v) is 8.94. The first kappa shape index (κ1) is 33.0. The molecule has 0 fully saturated rings. The first-order valence-electron chi connectivity index (χ1n) is 15.9. The average molecular weight is 630 g/mol. The fourth-order valence-electron chi connectivity index (χ4n) is 6.34. The molecule has 5 unspecified atom stereocenters. The third-order valence-electron chi connectivity index (χ3n) is 8.94. The third kappa shape index (κ3) is 7.36. The van der Waals surface area contributed by atoms with Gasteiger partial charge >= 0.3 is 0 Å². The number of nitrogens with zero attached hydrogens (tertiary/aromatic N) is 1. The van der Waals surface area contributed by atoms with E-state index < -0.39 is 18.3 Å². The number of phenolic OH excluding ortho intramolecular Hbond substituents is 2. The molecule has 0 aromatic heterocycles. The van der Waals surface area contributed by atoms with E-state index in [4.69, 9.17) is 15.2 Å². The van der Waals surface area contributed by atoms with Crippen molar-refractivity contribution >= 4 is 11.7 Å². The Hall–Kier alpha value is -4.38. The van der Waals surface area contributed by atoms with Crippen LogP contribution in [-0.4, -0.2) is 64.8 Å². The van der Waals surface area contributed by atoms with Crippen molar-refractivity contribution in [3.05, 3.63) is 46.0 Å². The van der Waals surface area contributed by atoms with Crippen LogP contribution in [0.15, 0.2) is 23.2 Å². The van der Waals surface area contributed by atoms with Crippen LogP contribution in [0.5, 0.6) is 23.0 Å². The molecule has 2 aromatic carbocycles. The van der Waals surface area contributed by atoms with Gasteiger partial charge in [-0.05, 0) is 48.3 Å². The molecule has 2 aliphatic carbocycles. The summed E-state index contributed by atoms with van der Waals surface area (Å²) in [6.45, 7) is 5.09. The zero-order valence-electron chi connectivity index (χ0n) is 26.6. The van der Waals surface area contributed by atoms with E-state index in [9.17, 15) is 25.2 Å². The van der Waals surface area contributed by atoms with Gasteiger partial charge in [-0.15, -0.1) is 5.92 Å². The molecule has 0 spiro atoms. The molecule has 7 N–H and O–H groups in total. The van der Waals surface area contributed by atoms with E-state index >= 15 is 0 Å². The zero-order valence-corrected chi connectivity index (χ0v) is 26.6. The summed E-state index contributed by atoms with van der Waals surface area (Å²) in [7, 11) is 1.44. The highest BCUT2D eigenvalue weighted by molar-refractivity contribution is 5.79. The van der Waals surface area contributed by atoms with Crippen LogP contribution in [0.25, 0.3) is 0 Å². The van der Waals surface area contributed by atoms with E-state index in [2.05, 4.69) is 47.8 Å². The van der Waals surface area contributed by atoms with Crippen molar-refractivity contribution in [1.29, 1.82) is 0 Å². The molecule has 1 heterocycles. The number of ether oxygens (including phenoxy) is 2. The van der Waals surface area contributed by atoms with Gasteiger partial charge in [0, 0.05) is 55.8 Å². The van der Waals surface area contributed by atoms with Gasteiger partial charge in [-0.2, -0.15) is 0 Å². The number of aryl methyl sites for hydroxylation is 1. The Morgan fingerprint density at radius 3 is 2.70 bits per heavy atom. The number of fused-ring (bicyclic) bond motifs is 4. The second-order valence-corrected chi connectivity index (χ2v) is 12.8. The molecule has 5 bridgehead atoms. The van der Waals surface area contributed by atoms with Gasteiger partial charge in [0.15, 0.2) is 29.0 Å². The van der Waals surface area contributed by atoms with Crippen LogP contribution in [0.4, 0.5) is 0 Å². The first-order chi connectivity index (χ1) is 22.0. The number of benzene rings is 2. The number of Topliss-reactive ketones (excluding diaryl/α,β-unsaturated/α-hetero) is 1. The SMILES string of the molecule is COc1c(O)ccc2c1C#CCc1cc3c4c(c1O)OC(O)C(C4)C(CNC(N)=NCC(C)C)CC#CC(C3)C(O)CC(=O)CC2. The Morgan fingerprint density at radius 2 is 1.93 bits per heavy atom. The molecule has 2 aromatic rings. The standard InChI is InChI=1S/C36H43N3O7/c1-20(2)18-38-36(37)39-19-24-8-4-6-22-14-25-15-23(32(43)34-28(25)17-29(24)35(44)46-34)7-5-9-27-21(10-12-26(40)16-31(22)42)11-13-30(41)33(27)45-3/h11,13,15,20,22,24,29,31,35,41-44H,7-8,10,12,14,16-19H2,1-3H3,(H3,37,38,39). The summed E-state index contributed by atoms with van der Waals surface area (Å²) < 4.78 is 11.5. The summed E-state index contributed by atoms with van der Waals surface area (Å²) >= 11 is 0. The minimum atomic E-state index is -1.21. The molecule has 10 heteroatoms. The maximum atomic E-state index is 13.1. The van der Waals surface area contributed by atoms with Gasteiger partial charge < -0.3 is 41.0 Å². The van der Waals surface area contributed by atoms with Gasteiger partial charge in [-0.1, -0.05) is 43.7 Å². The van der Waals surface area contributed by atoms with E-state index in [1.807, 2.05) is 6.07 Å². The second kappa shape index (κ2) is 14.4. The molecule has 46 heavy (non-hydrogen) atoms. The van der Waals surface area contributed by atoms with Gasteiger partial charge in [0.25, 0.3) is 0 Å². The monoisotopic (exact) mass is 629 g/mol. The lowest BCUT2D eigenvalue weighted by atomic mass is 9.77. The lowest BCUT2D eigenvalue weighted by molar-refractivity contribution is -0.121. The number of hydrogen-bond acceptors (Lipinski definition) is 8.